The average Bonchev–Trinajstić information content (AvgIpc) is 2.57. The van der Waals surface area contributed by atoms with Crippen LogP contribution in [0, 0.1) is 12.3 Å². The number of para-hydroxylation sites is 2. The van der Waals surface area contributed by atoms with E-state index in [4.69, 9.17) is 6.42 Å². The number of aryl methyl sites for hydroxylation is 1. The van der Waals surface area contributed by atoms with Crippen molar-refractivity contribution < 1.29 is 0 Å². The molecule has 0 fully saturated rings. The van der Waals surface area contributed by atoms with Gasteiger partial charge in [-0.15, -0.1) is 12.3 Å². The molecule has 64 valence electrons. The summed E-state index contributed by atoms with van der Waals surface area (Å²) in [6.45, 7) is 0. The minimum Gasteiger partial charge on any atom is -0.342 e. The summed E-state index contributed by atoms with van der Waals surface area (Å²) in [7, 11) is 0. The van der Waals surface area contributed by atoms with Crippen LogP contribution in [0.25, 0.3) is 11.0 Å². The van der Waals surface area contributed by atoms with Crippen molar-refractivity contribution in [1.29, 1.82) is 0 Å². The maximum Gasteiger partial charge on any atom is 0.108 e. The first kappa shape index (κ1) is 7.88. The topological polar surface area (TPSA) is 28.7 Å². The second-order valence-corrected chi connectivity index (χ2v) is 2.90. The van der Waals surface area contributed by atoms with Gasteiger partial charge in [0.2, 0.25) is 0 Å². The lowest BCUT2D eigenvalue weighted by Crippen LogP contribution is -1.85. The molecule has 2 rings (SSSR count). The second kappa shape index (κ2) is 3.32. The van der Waals surface area contributed by atoms with Gasteiger partial charge in [0.05, 0.1) is 11.0 Å². The highest BCUT2D eigenvalue weighted by atomic mass is 14.9. The summed E-state index contributed by atoms with van der Waals surface area (Å²) >= 11 is 0. The van der Waals surface area contributed by atoms with E-state index in [1.807, 2.05) is 24.3 Å². The molecule has 2 heteroatoms. The van der Waals surface area contributed by atoms with Crippen LogP contribution in [0.5, 0.6) is 0 Å². The Morgan fingerprint density at radius 1 is 1.38 bits per heavy atom. The van der Waals surface area contributed by atoms with E-state index < -0.39 is 0 Å². The number of H-pyrrole nitrogens is 1. The summed E-state index contributed by atoms with van der Waals surface area (Å²) in [5.74, 6) is 3.57. The van der Waals surface area contributed by atoms with E-state index in [9.17, 15) is 0 Å². The first-order valence-corrected chi connectivity index (χ1v) is 4.27. The van der Waals surface area contributed by atoms with Crippen LogP contribution in [0.3, 0.4) is 0 Å². The number of nitrogens with zero attached hydrogens (tertiary/aromatic N) is 1. The van der Waals surface area contributed by atoms with Crippen LogP contribution in [0.15, 0.2) is 24.3 Å². The number of terminal acetylenes is 1. The van der Waals surface area contributed by atoms with Crippen LogP contribution in [0.2, 0.25) is 0 Å². The van der Waals surface area contributed by atoms with Crippen LogP contribution >= 0.6 is 0 Å². The van der Waals surface area contributed by atoms with E-state index in [1.54, 1.807) is 0 Å². The number of aromatic nitrogens is 2. The molecule has 0 bridgehead atoms. The van der Waals surface area contributed by atoms with E-state index >= 15 is 0 Å². The standard InChI is InChI=1S/C11H10N2/c1-2-3-8-11-12-9-6-4-5-7-10(9)13-11/h1,4-7H,3,8H2,(H,12,13). The number of hydrogen-bond acceptors (Lipinski definition) is 1. The molecule has 1 N–H and O–H groups in total. The third-order valence-electron chi connectivity index (χ3n) is 1.94. The molecule has 0 spiro atoms. The van der Waals surface area contributed by atoms with Gasteiger partial charge in [0.15, 0.2) is 0 Å². The summed E-state index contributed by atoms with van der Waals surface area (Å²) in [6, 6.07) is 7.98. The van der Waals surface area contributed by atoms with Gasteiger partial charge in [-0.1, -0.05) is 12.1 Å². The predicted octanol–water partition coefficient (Wildman–Crippen LogP) is 2.13. The Morgan fingerprint density at radius 2 is 2.23 bits per heavy atom. The highest BCUT2D eigenvalue weighted by Crippen LogP contribution is 2.10. The predicted molar refractivity (Wildman–Crippen MR) is 53.2 cm³/mol. The third-order valence-corrected chi connectivity index (χ3v) is 1.94. The van der Waals surface area contributed by atoms with E-state index in [0.29, 0.717) is 0 Å². The number of hydrogen-bond donors (Lipinski definition) is 1. The summed E-state index contributed by atoms with van der Waals surface area (Å²) < 4.78 is 0. The Hall–Kier alpha value is -1.75. The number of fused-ring (bicyclic) bond motifs is 1. The second-order valence-electron chi connectivity index (χ2n) is 2.90. The van der Waals surface area contributed by atoms with E-state index in [-0.39, 0.29) is 0 Å². The van der Waals surface area contributed by atoms with Crippen molar-refractivity contribution in [2.45, 2.75) is 12.8 Å². The normalized spacial score (nSPS) is 10.1. The number of imidazole rings is 1. The van der Waals surface area contributed by atoms with Crippen LogP contribution < -0.4 is 0 Å². The van der Waals surface area contributed by atoms with Crippen molar-refractivity contribution >= 4 is 11.0 Å². The van der Waals surface area contributed by atoms with Crippen molar-refractivity contribution in [2.75, 3.05) is 0 Å². The molecule has 0 aliphatic heterocycles. The zero-order valence-corrected chi connectivity index (χ0v) is 7.25. The van der Waals surface area contributed by atoms with E-state index in [0.717, 1.165) is 29.7 Å². The zero-order valence-electron chi connectivity index (χ0n) is 7.25. The molecule has 0 amide bonds. The molecule has 2 nitrogen and oxygen atoms in total. The summed E-state index contributed by atoms with van der Waals surface area (Å²) in [4.78, 5) is 7.62. The van der Waals surface area contributed by atoms with Crippen molar-refractivity contribution in [3.8, 4) is 12.3 Å². The van der Waals surface area contributed by atoms with Gasteiger partial charge in [0.25, 0.3) is 0 Å². The van der Waals surface area contributed by atoms with Crippen LogP contribution in [0.1, 0.15) is 12.2 Å². The third kappa shape index (κ3) is 1.54. The maximum atomic E-state index is 5.18. The van der Waals surface area contributed by atoms with E-state index in [2.05, 4.69) is 15.9 Å². The van der Waals surface area contributed by atoms with Crippen molar-refractivity contribution in [1.82, 2.24) is 9.97 Å². The maximum absolute atomic E-state index is 5.18. The molecule has 0 unspecified atom stereocenters. The minimum absolute atomic E-state index is 0.736. The van der Waals surface area contributed by atoms with Gasteiger partial charge in [-0.05, 0) is 12.1 Å². The fourth-order valence-electron chi connectivity index (χ4n) is 1.31. The van der Waals surface area contributed by atoms with Gasteiger partial charge in [-0.3, -0.25) is 0 Å². The van der Waals surface area contributed by atoms with Crippen molar-refractivity contribution in [2.24, 2.45) is 0 Å². The van der Waals surface area contributed by atoms with Crippen LogP contribution in [-0.2, 0) is 6.42 Å². The lowest BCUT2D eigenvalue weighted by molar-refractivity contribution is 0.934. The minimum atomic E-state index is 0.736. The van der Waals surface area contributed by atoms with Gasteiger partial charge in [0.1, 0.15) is 5.82 Å². The molecule has 2 aromatic rings. The highest BCUT2D eigenvalue weighted by Gasteiger charge is 1.99. The molecule has 0 radical (unpaired) electrons. The Kier molecular flexibility index (Phi) is 2.01. The Balaban J connectivity index is 2.34. The molecule has 0 saturated carbocycles. The smallest absolute Gasteiger partial charge is 0.108 e. The van der Waals surface area contributed by atoms with Gasteiger partial charge >= 0.3 is 0 Å². The van der Waals surface area contributed by atoms with E-state index in [1.165, 1.54) is 0 Å². The Labute approximate surface area is 77.0 Å². The molecular formula is C11H10N2. The molecule has 1 aromatic carbocycles. The fraction of sp³-hybridized carbons (Fsp3) is 0.182. The van der Waals surface area contributed by atoms with Gasteiger partial charge in [-0.2, -0.15) is 0 Å². The molecule has 0 aliphatic rings. The van der Waals surface area contributed by atoms with Crippen molar-refractivity contribution in [3.05, 3.63) is 30.1 Å². The monoisotopic (exact) mass is 170 g/mol. The number of aromatic amines is 1. The average molecular weight is 170 g/mol. The molecule has 13 heavy (non-hydrogen) atoms. The summed E-state index contributed by atoms with van der Waals surface area (Å²) in [6.07, 6.45) is 6.74. The van der Waals surface area contributed by atoms with Gasteiger partial charge < -0.3 is 4.98 Å². The largest absolute Gasteiger partial charge is 0.342 e. The van der Waals surface area contributed by atoms with Crippen molar-refractivity contribution in [3.63, 3.8) is 0 Å². The summed E-state index contributed by atoms with van der Waals surface area (Å²) in [5, 5.41) is 0. The fourth-order valence-corrected chi connectivity index (χ4v) is 1.31. The van der Waals surface area contributed by atoms with Gasteiger partial charge in [-0.25, -0.2) is 4.98 Å². The van der Waals surface area contributed by atoms with Crippen LogP contribution in [-0.4, -0.2) is 9.97 Å². The molecular weight excluding hydrogens is 160 g/mol. The Bertz CT molecular complexity index is 415. The Morgan fingerprint density at radius 3 is 3.00 bits per heavy atom. The SMILES string of the molecule is C#CCCc1nc2ccccc2[nH]1. The molecule has 0 atom stereocenters. The molecule has 1 heterocycles. The van der Waals surface area contributed by atoms with Gasteiger partial charge in [0, 0.05) is 12.8 Å². The zero-order chi connectivity index (χ0) is 9.10. The molecule has 0 aliphatic carbocycles. The number of nitrogens with one attached hydrogen (secondary N) is 1. The number of benzene rings is 1. The first-order valence-electron chi connectivity index (χ1n) is 4.27. The lowest BCUT2D eigenvalue weighted by atomic mass is 10.3. The lowest BCUT2D eigenvalue weighted by Gasteiger charge is -1.86. The highest BCUT2D eigenvalue weighted by molar-refractivity contribution is 5.74. The number of rotatable bonds is 2. The van der Waals surface area contributed by atoms with Crippen LogP contribution in [0.4, 0.5) is 0 Å². The molecule has 1 aromatic heterocycles. The first-order chi connectivity index (χ1) is 6.40. The summed E-state index contributed by atoms with van der Waals surface area (Å²) in [5.41, 5.74) is 2.09. The quantitative estimate of drug-likeness (QED) is 0.687. The molecule has 0 saturated heterocycles.